The van der Waals surface area contributed by atoms with Gasteiger partial charge in [-0.1, -0.05) is 30.9 Å². The minimum atomic E-state index is -0.211. The van der Waals surface area contributed by atoms with Crippen LogP contribution in [-0.4, -0.2) is 45.7 Å². The molecule has 3 aromatic heterocycles. The summed E-state index contributed by atoms with van der Waals surface area (Å²) in [6.07, 6.45) is 9.50. The van der Waals surface area contributed by atoms with Crippen molar-refractivity contribution in [3.8, 4) is 22.5 Å². The van der Waals surface area contributed by atoms with Gasteiger partial charge in [-0.25, -0.2) is 4.39 Å². The van der Waals surface area contributed by atoms with E-state index in [2.05, 4.69) is 70.9 Å². The molecule has 3 heterocycles. The number of aryl methyl sites for hydroxylation is 2. The molecule has 0 aliphatic carbocycles. The maximum Gasteiger partial charge on any atom is 0.124 e. The highest BCUT2D eigenvalue weighted by Gasteiger charge is 2.14. The van der Waals surface area contributed by atoms with Crippen LogP contribution in [0.25, 0.3) is 51.1 Å². The fraction of sp³-hybridized carbons (Fsp3) is 0.212. The number of fused-ring (bicyclic) bond motifs is 1. The van der Waals surface area contributed by atoms with Crippen LogP contribution in [0.2, 0.25) is 0 Å². The quantitative estimate of drug-likeness (QED) is 0.270. The molecule has 0 bridgehead atoms. The predicted molar refractivity (Wildman–Crippen MR) is 160 cm³/mol. The molecule has 6 heteroatoms. The standard InChI is InChI=1S/C33H34FN5/c1-6-30-28(15-22(3)29-20-35-13-12-21(29)2)33(38-37-30)32-19-27-26(10-7-11-31(27)36-32)24-16-23(17-25(34)18-24)9-8-14-39(4)5/h6-7,10-13,15-20,36-37H,3,8-9,14H2,1-2,4-5H3/b28-15+,30-6+. The smallest absolute Gasteiger partial charge is 0.124 e. The summed E-state index contributed by atoms with van der Waals surface area (Å²) in [6.45, 7) is 9.32. The third-order valence-electron chi connectivity index (χ3n) is 7.08. The number of nitrogens with one attached hydrogen (secondary N) is 2. The van der Waals surface area contributed by atoms with E-state index in [-0.39, 0.29) is 5.82 Å². The van der Waals surface area contributed by atoms with Gasteiger partial charge in [0, 0.05) is 34.1 Å². The molecule has 0 saturated carbocycles. The van der Waals surface area contributed by atoms with E-state index in [0.717, 1.165) is 85.6 Å². The van der Waals surface area contributed by atoms with Gasteiger partial charge >= 0.3 is 0 Å². The van der Waals surface area contributed by atoms with Gasteiger partial charge in [-0.15, -0.1) is 0 Å². The van der Waals surface area contributed by atoms with Gasteiger partial charge < -0.3 is 9.88 Å². The van der Waals surface area contributed by atoms with Gasteiger partial charge in [0.1, 0.15) is 11.5 Å². The summed E-state index contributed by atoms with van der Waals surface area (Å²) in [5.41, 5.74) is 8.51. The van der Waals surface area contributed by atoms with E-state index in [4.69, 9.17) is 0 Å². The number of hydrogen-bond acceptors (Lipinski definition) is 3. The Morgan fingerprint density at radius 1 is 1.13 bits per heavy atom. The van der Waals surface area contributed by atoms with Crippen LogP contribution in [0.15, 0.2) is 67.5 Å². The monoisotopic (exact) mass is 519 g/mol. The van der Waals surface area contributed by atoms with Crippen molar-refractivity contribution >= 4 is 28.6 Å². The van der Waals surface area contributed by atoms with Crippen LogP contribution in [0.3, 0.4) is 0 Å². The van der Waals surface area contributed by atoms with Crippen LogP contribution in [0.5, 0.6) is 0 Å². The molecule has 5 nitrogen and oxygen atoms in total. The Kier molecular flexibility index (Phi) is 7.57. The van der Waals surface area contributed by atoms with E-state index in [1.54, 1.807) is 18.3 Å². The molecule has 0 aliphatic heterocycles. The van der Waals surface area contributed by atoms with E-state index in [9.17, 15) is 4.39 Å². The first kappa shape index (κ1) is 26.3. The first-order chi connectivity index (χ1) is 18.8. The summed E-state index contributed by atoms with van der Waals surface area (Å²) in [6, 6.07) is 15.6. The number of halogens is 1. The molecule has 5 rings (SSSR count). The highest BCUT2D eigenvalue weighted by molar-refractivity contribution is 5.98. The molecule has 198 valence electrons. The van der Waals surface area contributed by atoms with Crippen LogP contribution in [-0.2, 0) is 6.42 Å². The van der Waals surface area contributed by atoms with Gasteiger partial charge in [0.15, 0.2) is 0 Å². The molecule has 2 aromatic carbocycles. The normalized spacial score (nSPS) is 12.7. The van der Waals surface area contributed by atoms with Crippen molar-refractivity contribution < 1.29 is 4.39 Å². The second-order valence-corrected chi connectivity index (χ2v) is 10.3. The highest BCUT2D eigenvalue weighted by atomic mass is 19.1. The van der Waals surface area contributed by atoms with Crippen LogP contribution in [0.4, 0.5) is 4.39 Å². The lowest BCUT2D eigenvalue weighted by Crippen LogP contribution is -2.23. The lowest BCUT2D eigenvalue weighted by molar-refractivity contribution is 0.400. The summed E-state index contributed by atoms with van der Waals surface area (Å²) in [7, 11) is 4.11. The summed E-state index contributed by atoms with van der Waals surface area (Å²) in [4.78, 5) is 9.97. The molecule has 2 N–H and O–H groups in total. The molecule has 0 saturated heterocycles. The molecular formula is C33H34FN5. The van der Waals surface area contributed by atoms with Crippen molar-refractivity contribution in [3.05, 3.63) is 101 Å². The third-order valence-corrected chi connectivity index (χ3v) is 7.08. The second kappa shape index (κ2) is 11.2. The Bertz CT molecular complexity index is 1770. The zero-order valence-electron chi connectivity index (χ0n) is 23.0. The number of aromatic amines is 2. The number of H-pyrrole nitrogens is 2. The van der Waals surface area contributed by atoms with E-state index < -0.39 is 0 Å². The zero-order valence-corrected chi connectivity index (χ0v) is 23.0. The molecule has 5 aromatic rings. The Balaban J connectivity index is 1.58. The SMILES string of the molecule is C=C(/C=c1/c(-c2cc3c(-c4cc(F)cc(CCCN(C)C)c4)cccc3[nH]2)n[nH]/c1=C/C)c1cnccc1C. The largest absolute Gasteiger partial charge is 0.353 e. The number of rotatable bonds is 8. The fourth-order valence-electron chi connectivity index (χ4n) is 5.07. The minimum absolute atomic E-state index is 0.211. The maximum atomic E-state index is 14.7. The molecule has 0 radical (unpaired) electrons. The average molecular weight is 520 g/mol. The Hall–Kier alpha value is -4.29. The van der Waals surface area contributed by atoms with Gasteiger partial charge in [0.2, 0.25) is 0 Å². The Morgan fingerprint density at radius 2 is 1.97 bits per heavy atom. The van der Waals surface area contributed by atoms with Crippen molar-refractivity contribution in [1.82, 2.24) is 25.1 Å². The molecule has 0 spiro atoms. The zero-order chi connectivity index (χ0) is 27.5. The van der Waals surface area contributed by atoms with E-state index in [1.165, 1.54) is 0 Å². The summed E-state index contributed by atoms with van der Waals surface area (Å²) in [5, 5.41) is 10.7. The molecule has 0 amide bonds. The molecule has 0 unspecified atom stereocenters. The van der Waals surface area contributed by atoms with Gasteiger partial charge in [-0.3, -0.25) is 10.1 Å². The Morgan fingerprint density at radius 3 is 2.74 bits per heavy atom. The number of aromatic nitrogens is 4. The fourth-order valence-corrected chi connectivity index (χ4v) is 5.07. The summed E-state index contributed by atoms with van der Waals surface area (Å²) >= 11 is 0. The molecule has 39 heavy (non-hydrogen) atoms. The second-order valence-electron chi connectivity index (χ2n) is 10.3. The lowest BCUT2D eigenvalue weighted by atomic mass is 9.98. The number of pyridine rings is 1. The average Bonchev–Trinajstić information content (AvgIpc) is 3.52. The van der Waals surface area contributed by atoms with Crippen LogP contribution in [0, 0.1) is 12.7 Å². The summed E-state index contributed by atoms with van der Waals surface area (Å²) in [5.74, 6) is -0.211. The van der Waals surface area contributed by atoms with Crippen molar-refractivity contribution in [2.24, 2.45) is 0 Å². The van der Waals surface area contributed by atoms with E-state index in [1.807, 2.05) is 43.5 Å². The van der Waals surface area contributed by atoms with E-state index >= 15 is 0 Å². The number of nitrogens with zero attached hydrogens (tertiary/aromatic N) is 3. The van der Waals surface area contributed by atoms with E-state index in [0.29, 0.717) is 0 Å². The molecule has 0 fully saturated rings. The lowest BCUT2D eigenvalue weighted by Gasteiger charge is -2.11. The topological polar surface area (TPSA) is 60.6 Å². The first-order valence-corrected chi connectivity index (χ1v) is 13.2. The van der Waals surface area contributed by atoms with Crippen LogP contribution >= 0.6 is 0 Å². The van der Waals surface area contributed by atoms with Crippen molar-refractivity contribution in [1.29, 1.82) is 0 Å². The number of benzene rings is 2. The maximum absolute atomic E-state index is 14.7. The molecule has 0 aliphatic rings. The van der Waals surface area contributed by atoms with Crippen molar-refractivity contribution in [2.45, 2.75) is 26.7 Å². The van der Waals surface area contributed by atoms with Gasteiger partial charge in [0.05, 0.1) is 11.0 Å². The number of allylic oxidation sites excluding steroid dienone is 1. The molecular weight excluding hydrogens is 485 g/mol. The van der Waals surface area contributed by atoms with Crippen LogP contribution < -0.4 is 10.6 Å². The first-order valence-electron chi connectivity index (χ1n) is 13.2. The van der Waals surface area contributed by atoms with Gasteiger partial charge in [-0.2, -0.15) is 5.10 Å². The van der Waals surface area contributed by atoms with Gasteiger partial charge in [0.25, 0.3) is 0 Å². The predicted octanol–water partition coefficient (Wildman–Crippen LogP) is 5.86. The molecule has 0 atom stereocenters. The van der Waals surface area contributed by atoms with Crippen molar-refractivity contribution in [2.75, 3.05) is 20.6 Å². The van der Waals surface area contributed by atoms with Gasteiger partial charge in [-0.05, 0) is 112 Å². The van der Waals surface area contributed by atoms with Crippen molar-refractivity contribution in [3.63, 3.8) is 0 Å². The highest BCUT2D eigenvalue weighted by Crippen LogP contribution is 2.32. The minimum Gasteiger partial charge on any atom is -0.353 e. The number of hydrogen-bond donors (Lipinski definition) is 2. The third kappa shape index (κ3) is 5.61. The van der Waals surface area contributed by atoms with Crippen LogP contribution in [0.1, 0.15) is 30.0 Å². The Labute approximate surface area is 228 Å². The summed E-state index contributed by atoms with van der Waals surface area (Å²) < 4.78 is 14.7.